The summed E-state index contributed by atoms with van der Waals surface area (Å²) in [7, 11) is 0. The summed E-state index contributed by atoms with van der Waals surface area (Å²) < 4.78 is 18.3. The van der Waals surface area contributed by atoms with Gasteiger partial charge in [0.1, 0.15) is 11.6 Å². The summed E-state index contributed by atoms with van der Waals surface area (Å²) in [5.74, 6) is 0.543. The minimum atomic E-state index is -0.338. The highest BCUT2D eigenvalue weighted by Crippen LogP contribution is 2.21. The Hall–Kier alpha value is -1.95. The second kappa shape index (κ2) is 6.47. The summed E-state index contributed by atoms with van der Waals surface area (Å²) in [6, 6.07) is 5.65. The van der Waals surface area contributed by atoms with E-state index >= 15 is 0 Å². The molecule has 1 aromatic heterocycles. The third-order valence-corrected chi connectivity index (χ3v) is 2.81. The van der Waals surface area contributed by atoms with E-state index in [0.717, 1.165) is 13.1 Å². The first-order chi connectivity index (χ1) is 9.62. The first-order valence-corrected chi connectivity index (χ1v) is 6.60. The van der Waals surface area contributed by atoms with Crippen molar-refractivity contribution >= 4 is 17.5 Å². The topological polar surface area (TPSA) is 51.1 Å². The van der Waals surface area contributed by atoms with Gasteiger partial charge >= 0.3 is 6.01 Å². The average Bonchev–Trinajstić information content (AvgIpc) is 2.42. The molecule has 0 unspecified atom stereocenters. The van der Waals surface area contributed by atoms with Crippen LogP contribution in [0.1, 0.15) is 13.8 Å². The fraction of sp³-hybridized carbons (Fsp3) is 0.308. The molecule has 2 aromatic rings. The average molecular weight is 297 g/mol. The van der Waals surface area contributed by atoms with Gasteiger partial charge < -0.3 is 9.64 Å². The molecular weight excluding hydrogens is 283 g/mol. The van der Waals surface area contributed by atoms with Crippen molar-refractivity contribution in [2.24, 2.45) is 0 Å². The van der Waals surface area contributed by atoms with Crippen molar-refractivity contribution in [1.82, 2.24) is 15.0 Å². The van der Waals surface area contributed by atoms with E-state index in [1.54, 1.807) is 0 Å². The minimum Gasteiger partial charge on any atom is -0.424 e. The molecular formula is C13H14ClFN4O. The maximum Gasteiger partial charge on any atom is 0.328 e. The highest BCUT2D eigenvalue weighted by molar-refractivity contribution is 6.28. The van der Waals surface area contributed by atoms with Gasteiger partial charge in [0.2, 0.25) is 11.2 Å². The number of hydrogen-bond donors (Lipinski definition) is 0. The van der Waals surface area contributed by atoms with E-state index in [-0.39, 0.29) is 17.1 Å². The van der Waals surface area contributed by atoms with Crippen LogP contribution in [0.25, 0.3) is 0 Å². The molecule has 0 spiro atoms. The van der Waals surface area contributed by atoms with E-state index in [1.807, 2.05) is 18.7 Å². The Labute approximate surface area is 121 Å². The smallest absolute Gasteiger partial charge is 0.328 e. The molecule has 0 N–H and O–H groups in total. The van der Waals surface area contributed by atoms with Gasteiger partial charge in [-0.3, -0.25) is 0 Å². The van der Waals surface area contributed by atoms with Crippen molar-refractivity contribution in [1.29, 1.82) is 0 Å². The van der Waals surface area contributed by atoms with Crippen molar-refractivity contribution < 1.29 is 9.13 Å². The third-order valence-electron chi connectivity index (χ3n) is 2.64. The Morgan fingerprint density at radius 1 is 1.10 bits per heavy atom. The number of hydrogen-bond acceptors (Lipinski definition) is 5. The summed E-state index contributed by atoms with van der Waals surface area (Å²) in [5.41, 5.74) is 0. The van der Waals surface area contributed by atoms with Crippen LogP contribution in [-0.2, 0) is 0 Å². The quantitative estimate of drug-likeness (QED) is 0.847. The second-order valence-corrected chi connectivity index (χ2v) is 4.25. The Morgan fingerprint density at radius 3 is 2.35 bits per heavy atom. The third kappa shape index (κ3) is 3.54. The van der Waals surface area contributed by atoms with Gasteiger partial charge in [-0.15, -0.1) is 0 Å². The van der Waals surface area contributed by atoms with E-state index < -0.39 is 0 Å². The molecule has 5 nitrogen and oxygen atoms in total. The number of halogens is 2. The van der Waals surface area contributed by atoms with Crippen LogP contribution in [-0.4, -0.2) is 28.0 Å². The molecule has 0 radical (unpaired) electrons. The number of ether oxygens (including phenoxy) is 1. The lowest BCUT2D eigenvalue weighted by molar-refractivity contribution is 0.438. The van der Waals surface area contributed by atoms with Gasteiger partial charge in [0.05, 0.1) is 0 Å². The standard InChI is InChI=1S/C13H14ClFN4O/c1-3-19(4-2)12-16-11(14)17-13(18-12)20-10-7-5-9(15)6-8-10/h5-8H,3-4H2,1-2H3. The van der Waals surface area contributed by atoms with E-state index in [1.165, 1.54) is 24.3 Å². The fourth-order valence-corrected chi connectivity index (χ4v) is 1.77. The van der Waals surface area contributed by atoms with E-state index in [2.05, 4.69) is 15.0 Å². The predicted molar refractivity (Wildman–Crippen MR) is 74.9 cm³/mol. The summed E-state index contributed by atoms with van der Waals surface area (Å²) in [6.07, 6.45) is 0. The van der Waals surface area contributed by atoms with Gasteiger partial charge in [0.15, 0.2) is 0 Å². The van der Waals surface area contributed by atoms with Gasteiger partial charge in [0, 0.05) is 13.1 Å². The molecule has 0 aliphatic rings. The summed E-state index contributed by atoms with van der Waals surface area (Å²) in [6.45, 7) is 5.46. The van der Waals surface area contributed by atoms with Gasteiger partial charge in [0.25, 0.3) is 0 Å². The van der Waals surface area contributed by atoms with Crippen LogP contribution < -0.4 is 9.64 Å². The number of nitrogens with zero attached hydrogens (tertiary/aromatic N) is 4. The van der Waals surface area contributed by atoms with Crippen molar-refractivity contribution in [3.05, 3.63) is 35.4 Å². The van der Waals surface area contributed by atoms with E-state index in [4.69, 9.17) is 16.3 Å². The normalized spacial score (nSPS) is 10.4. The summed E-state index contributed by atoms with van der Waals surface area (Å²) in [5, 5.41) is 0.0546. The van der Waals surface area contributed by atoms with Crippen LogP contribution in [0, 0.1) is 5.82 Å². The zero-order chi connectivity index (χ0) is 14.5. The molecule has 2 rings (SSSR count). The first-order valence-electron chi connectivity index (χ1n) is 6.22. The van der Waals surface area contributed by atoms with E-state index in [9.17, 15) is 4.39 Å². The molecule has 0 saturated carbocycles. The number of anilines is 1. The molecule has 7 heteroatoms. The SMILES string of the molecule is CCN(CC)c1nc(Cl)nc(Oc2ccc(F)cc2)n1. The van der Waals surface area contributed by atoms with Crippen LogP contribution in [0.15, 0.2) is 24.3 Å². The Bertz CT molecular complexity index is 575. The minimum absolute atomic E-state index is 0.0546. The molecule has 0 bridgehead atoms. The van der Waals surface area contributed by atoms with Gasteiger partial charge in [-0.1, -0.05) is 0 Å². The summed E-state index contributed by atoms with van der Waals surface area (Å²) in [4.78, 5) is 14.1. The van der Waals surface area contributed by atoms with Crippen molar-refractivity contribution in [2.45, 2.75) is 13.8 Å². The monoisotopic (exact) mass is 296 g/mol. The first kappa shape index (κ1) is 14.5. The van der Waals surface area contributed by atoms with Crippen molar-refractivity contribution in [2.75, 3.05) is 18.0 Å². The molecule has 20 heavy (non-hydrogen) atoms. The molecule has 1 heterocycles. The van der Waals surface area contributed by atoms with Crippen molar-refractivity contribution in [3.63, 3.8) is 0 Å². The van der Waals surface area contributed by atoms with Gasteiger partial charge in [-0.05, 0) is 49.7 Å². The Morgan fingerprint density at radius 2 is 1.75 bits per heavy atom. The highest BCUT2D eigenvalue weighted by atomic mass is 35.5. The number of rotatable bonds is 5. The van der Waals surface area contributed by atoms with Crippen LogP contribution in [0.2, 0.25) is 5.28 Å². The highest BCUT2D eigenvalue weighted by Gasteiger charge is 2.11. The lowest BCUT2D eigenvalue weighted by atomic mass is 10.3. The van der Waals surface area contributed by atoms with Crippen LogP contribution >= 0.6 is 11.6 Å². The molecule has 0 saturated heterocycles. The largest absolute Gasteiger partial charge is 0.424 e. The summed E-state index contributed by atoms with van der Waals surface area (Å²) >= 11 is 5.87. The lowest BCUT2D eigenvalue weighted by Gasteiger charge is -2.18. The van der Waals surface area contributed by atoms with Gasteiger partial charge in [-0.2, -0.15) is 15.0 Å². The maximum atomic E-state index is 12.8. The second-order valence-electron chi connectivity index (χ2n) is 3.92. The van der Waals surface area contributed by atoms with Gasteiger partial charge in [-0.25, -0.2) is 4.39 Å². The predicted octanol–water partition coefficient (Wildman–Crippen LogP) is 3.30. The molecule has 106 valence electrons. The zero-order valence-electron chi connectivity index (χ0n) is 11.2. The molecule has 0 amide bonds. The molecule has 0 fully saturated rings. The van der Waals surface area contributed by atoms with Crippen LogP contribution in [0.3, 0.4) is 0 Å². The fourth-order valence-electron chi connectivity index (χ4n) is 1.62. The Balaban J connectivity index is 2.25. The van der Waals surface area contributed by atoms with E-state index in [0.29, 0.717) is 11.7 Å². The van der Waals surface area contributed by atoms with Crippen LogP contribution in [0.4, 0.5) is 10.3 Å². The number of benzene rings is 1. The molecule has 0 atom stereocenters. The number of aromatic nitrogens is 3. The molecule has 0 aliphatic heterocycles. The van der Waals surface area contributed by atoms with Crippen molar-refractivity contribution in [3.8, 4) is 11.8 Å². The lowest BCUT2D eigenvalue weighted by Crippen LogP contribution is -2.24. The molecule has 0 aliphatic carbocycles. The maximum absolute atomic E-state index is 12.8. The zero-order valence-corrected chi connectivity index (χ0v) is 11.9. The molecule has 1 aromatic carbocycles. The van der Waals surface area contributed by atoms with Crippen LogP contribution in [0.5, 0.6) is 11.8 Å². The Kier molecular flexibility index (Phi) is 4.68.